The van der Waals surface area contributed by atoms with Gasteiger partial charge in [0.2, 0.25) is 5.91 Å². The predicted molar refractivity (Wildman–Crippen MR) is 70.0 cm³/mol. The van der Waals surface area contributed by atoms with Crippen LogP contribution in [0.2, 0.25) is 0 Å². The maximum atomic E-state index is 12.0. The molecule has 1 aliphatic rings. The largest absolute Gasteiger partial charge is 0.384 e. The minimum absolute atomic E-state index is 0.0545. The number of anilines is 1. The molecule has 2 N–H and O–H groups in total. The average Bonchev–Trinajstić information content (AvgIpc) is 2.38. The number of amides is 1. The summed E-state index contributed by atoms with van der Waals surface area (Å²) in [5.74, 6) is 0.222. The van der Waals surface area contributed by atoms with Crippen molar-refractivity contribution >= 4 is 11.6 Å². The van der Waals surface area contributed by atoms with E-state index >= 15 is 0 Å². The normalized spacial score (nSPS) is 20.0. The fraction of sp³-hybridized carbons (Fsp3) is 0.500. The fourth-order valence-corrected chi connectivity index (χ4v) is 2.09. The van der Waals surface area contributed by atoms with Crippen LogP contribution in [0.3, 0.4) is 0 Å². The van der Waals surface area contributed by atoms with E-state index in [0.717, 1.165) is 19.4 Å². The second-order valence-corrected chi connectivity index (χ2v) is 4.76. The van der Waals surface area contributed by atoms with Gasteiger partial charge in [0, 0.05) is 18.3 Å². The zero-order valence-electron chi connectivity index (χ0n) is 10.5. The highest BCUT2D eigenvalue weighted by Gasteiger charge is 2.24. The van der Waals surface area contributed by atoms with E-state index in [4.69, 9.17) is 0 Å². The van der Waals surface area contributed by atoms with E-state index in [1.54, 1.807) is 0 Å². The number of carbonyl (C=O) groups excluding carboxylic acids is 1. The standard InChI is InChI=1S/C14H20N2O/c1-3-10(2)16-14(17)12-8-11-6-4-5-7-13(11)15-9-12/h4-7,10,12,15H,3,8-9H2,1-2H3,(H,16,17). The highest BCUT2D eigenvalue weighted by atomic mass is 16.1. The van der Waals surface area contributed by atoms with Gasteiger partial charge >= 0.3 is 0 Å². The summed E-state index contributed by atoms with van der Waals surface area (Å²) in [6, 6.07) is 8.46. The first-order chi connectivity index (χ1) is 8.20. The van der Waals surface area contributed by atoms with Crippen molar-refractivity contribution in [1.29, 1.82) is 0 Å². The molecule has 1 aromatic rings. The molecule has 3 heteroatoms. The number of hydrogen-bond donors (Lipinski definition) is 2. The van der Waals surface area contributed by atoms with Crippen molar-refractivity contribution in [1.82, 2.24) is 5.32 Å². The molecule has 2 rings (SSSR count). The third-order valence-corrected chi connectivity index (χ3v) is 3.39. The van der Waals surface area contributed by atoms with E-state index < -0.39 is 0 Å². The van der Waals surface area contributed by atoms with E-state index in [0.29, 0.717) is 0 Å². The molecule has 1 aromatic carbocycles. The molecule has 2 unspecified atom stereocenters. The monoisotopic (exact) mass is 232 g/mol. The van der Waals surface area contributed by atoms with Crippen molar-refractivity contribution in [3.63, 3.8) is 0 Å². The van der Waals surface area contributed by atoms with Gasteiger partial charge in [0.05, 0.1) is 5.92 Å². The summed E-state index contributed by atoms with van der Waals surface area (Å²) in [4.78, 5) is 12.0. The van der Waals surface area contributed by atoms with Crippen LogP contribution in [0, 0.1) is 5.92 Å². The molecular formula is C14H20N2O. The maximum Gasteiger partial charge on any atom is 0.225 e. The molecule has 0 fully saturated rings. The van der Waals surface area contributed by atoms with Crippen LogP contribution < -0.4 is 10.6 Å². The Morgan fingerprint density at radius 1 is 1.53 bits per heavy atom. The molecule has 0 aliphatic carbocycles. The molecule has 92 valence electrons. The van der Waals surface area contributed by atoms with Gasteiger partial charge in [0.1, 0.15) is 0 Å². The Hall–Kier alpha value is -1.51. The van der Waals surface area contributed by atoms with E-state index in [2.05, 4.69) is 29.7 Å². The molecule has 2 atom stereocenters. The van der Waals surface area contributed by atoms with Gasteiger partial charge in [0.25, 0.3) is 0 Å². The van der Waals surface area contributed by atoms with Crippen molar-refractivity contribution in [3.8, 4) is 0 Å². The number of para-hydroxylation sites is 1. The first kappa shape index (κ1) is 12.0. The van der Waals surface area contributed by atoms with Gasteiger partial charge in [-0.2, -0.15) is 0 Å². The SMILES string of the molecule is CCC(C)NC(=O)C1CNc2ccccc2C1. The van der Waals surface area contributed by atoms with E-state index in [1.807, 2.05) is 19.1 Å². The minimum atomic E-state index is 0.0545. The van der Waals surface area contributed by atoms with Gasteiger partial charge in [0.15, 0.2) is 0 Å². The van der Waals surface area contributed by atoms with Crippen LogP contribution in [0.25, 0.3) is 0 Å². The van der Waals surface area contributed by atoms with Crippen molar-refractivity contribution < 1.29 is 4.79 Å². The average molecular weight is 232 g/mol. The molecule has 0 saturated carbocycles. The summed E-state index contributed by atoms with van der Waals surface area (Å²) in [5, 5.41) is 6.38. The highest BCUT2D eigenvalue weighted by Crippen LogP contribution is 2.24. The molecule has 17 heavy (non-hydrogen) atoms. The van der Waals surface area contributed by atoms with Crippen molar-refractivity contribution in [2.24, 2.45) is 5.92 Å². The number of fused-ring (bicyclic) bond motifs is 1. The van der Waals surface area contributed by atoms with Crippen molar-refractivity contribution in [2.75, 3.05) is 11.9 Å². The molecule has 1 aliphatic heterocycles. The van der Waals surface area contributed by atoms with Gasteiger partial charge in [-0.25, -0.2) is 0 Å². The third-order valence-electron chi connectivity index (χ3n) is 3.39. The smallest absolute Gasteiger partial charge is 0.225 e. The Morgan fingerprint density at radius 3 is 3.06 bits per heavy atom. The molecular weight excluding hydrogens is 212 g/mol. The van der Waals surface area contributed by atoms with Crippen LogP contribution in [0.4, 0.5) is 5.69 Å². The first-order valence-corrected chi connectivity index (χ1v) is 6.33. The number of carbonyl (C=O) groups is 1. The first-order valence-electron chi connectivity index (χ1n) is 6.33. The number of benzene rings is 1. The molecule has 0 spiro atoms. The second kappa shape index (κ2) is 5.21. The van der Waals surface area contributed by atoms with Gasteiger partial charge < -0.3 is 10.6 Å². The number of nitrogens with one attached hydrogen (secondary N) is 2. The van der Waals surface area contributed by atoms with Gasteiger partial charge in [-0.3, -0.25) is 4.79 Å². The molecule has 0 saturated heterocycles. The van der Waals surface area contributed by atoms with Crippen LogP contribution in [0.1, 0.15) is 25.8 Å². The Morgan fingerprint density at radius 2 is 2.29 bits per heavy atom. The summed E-state index contributed by atoms with van der Waals surface area (Å²) < 4.78 is 0. The van der Waals surface area contributed by atoms with Crippen molar-refractivity contribution in [2.45, 2.75) is 32.7 Å². The summed E-state index contributed by atoms with van der Waals surface area (Å²) in [7, 11) is 0. The van der Waals surface area contributed by atoms with Crippen LogP contribution in [-0.4, -0.2) is 18.5 Å². The second-order valence-electron chi connectivity index (χ2n) is 4.76. The third kappa shape index (κ3) is 2.78. The van der Waals surface area contributed by atoms with Gasteiger partial charge in [-0.1, -0.05) is 25.1 Å². The molecule has 1 amide bonds. The Balaban J connectivity index is 2.00. The minimum Gasteiger partial charge on any atom is -0.384 e. The lowest BCUT2D eigenvalue weighted by Crippen LogP contribution is -2.41. The predicted octanol–water partition coefficient (Wildman–Crippen LogP) is 2.19. The molecule has 1 heterocycles. The van der Waals surface area contributed by atoms with E-state index in [-0.39, 0.29) is 17.9 Å². The van der Waals surface area contributed by atoms with Crippen LogP contribution in [0.15, 0.2) is 24.3 Å². The van der Waals surface area contributed by atoms with Crippen molar-refractivity contribution in [3.05, 3.63) is 29.8 Å². The zero-order chi connectivity index (χ0) is 12.3. The van der Waals surface area contributed by atoms with Gasteiger partial charge in [-0.05, 0) is 31.4 Å². The zero-order valence-corrected chi connectivity index (χ0v) is 10.5. The van der Waals surface area contributed by atoms with Gasteiger partial charge in [-0.15, -0.1) is 0 Å². The van der Waals surface area contributed by atoms with Crippen LogP contribution >= 0.6 is 0 Å². The maximum absolute atomic E-state index is 12.0. The lowest BCUT2D eigenvalue weighted by molar-refractivity contribution is -0.125. The fourth-order valence-electron chi connectivity index (χ4n) is 2.09. The number of rotatable bonds is 3. The quantitative estimate of drug-likeness (QED) is 0.838. The lowest BCUT2D eigenvalue weighted by atomic mass is 9.93. The highest BCUT2D eigenvalue weighted by molar-refractivity contribution is 5.81. The Labute approximate surface area is 103 Å². The Kier molecular flexibility index (Phi) is 3.67. The van der Waals surface area contributed by atoms with E-state index in [1.165, 1.54) is 11.3 Å². The van der Waals surface area contributed by atoms with Crippen LogP contribution in [0.5, 0.6) is 0 Å². The van der Waals surface area contributed by atoms with E-state index in [9.17, 15) is 4.79 Å². The molecule has 0 aromatic heterocycles. The summed E-state index contributed by atoms with van der Waals surface area (Å²) in [6.07, 6.45) is 1.81. The summed E-state index contributed by atoms with van der Waals surface area (Å²) in [6.45, 7) is 4.86. The summed E-state index contributed by atoms with van der Waals surface area (Å²) in [5.41, 5.74) is 2.41. The lowest BCUT2D eigenvalue weighted by Gasteiger charge is -2.26. The topological polar surface area (TPSA) is 41.1 Å². The molecule has 3 nitrogen and oxygen atoms in total. The number of hydrogen-bond acceptors (Lipinski definition) is 2. The van der Waals surface area contributed by atoms with Crippen LogP contribution in [-0.2, 0) is 11.2 Å². The molecule has 0 radical (unpaired) electrons. The molecule has 0 bridgehead atoms. The summed E-state index contributed by atoms with van der Waals surface area (Å²) >= 11 is 0. The Bertz CT molecular complexity index is 403.